The van der Waals surface area contributed by atoms with Crippen molar-refractivity contribution in [2.24, 2.45) is 0 Å². The maximum absolute atomic E-state index is 6.77. The summed E-state index contributed by atoms with van der Waals surface area (Å²) < 4.78 is 19.0. The van der Waals surface area contributed by atoms with Crippen molar-refractivity contribution in [3.63, 3.8) is 0 Å². The molecule has 1 spiro atoms. The van der Waals surface area contributed by atoms with E-state index in [1.807, 2.05) is 0 Å². The molecule has 0 aromatic heterocycles. The molecule has 0 bridgehead atoms. The average molecular weight is 705 g/mol. The monoisotopic (exact) mass is 704 g/mol. The van der Waals surface area contributed by atoms with Gasteiger partial charge in [-0.05, 0) is 108 Å². The van der Waals surface area contributed by atoms with Gasteiger partial charge in [0.1, 0.15) is 36.4 Å². The first-order chi connectivity index (χ1) is 17.7. The van der Waals surface area contributed by atoms with E-state index in [1.165, 1.54) is 72.6 Å². The zero-order valence-corrected chi connectivity index (χ0v) is 27.1. The molecule has 4 nitrogen and oxygen atoms in total. The van der Waals surface area contributed by atoms with Gasteiger partial charge in [0.15, 0.2) is 0 Å². The molecule has 9 heteroatoms. The molecular weight excluding hydrogens is 671 g/mol. The smallest absolute Gasteiger partial charge is 0.146 e. The Morgan fingerprint density at radius 2 is 1.78 bits per heavy atom. The van der Waals surface area contributed by atoms with Gasteiger partial charge in [-0.3, -0.25) is 4.90 Å². The van der Waals surface area contributed by atoms with E-state index in [4.69, 9.17) is 14.0 Å². The Balaban J connectivity index is 0.00000280. The second-order valence-electron chi connectivity index (χ2n) is 9.94. The summed E-state index contributed by atoms with van der Waals surface area (Å²) in [6.07, 6.45) is 7.42. The Labute approximate surface area is 256 Å². The number of piperidine rings is 1. The van der Waals surface area contributed by atoms with Crippen molar-refractivity contribution in [2.75, 3.05) is 37.7 Å². The van der Waals surface area contributed by atoms with Crippen LogP contribution >= 0.6 is 52.0 Å². The van der Waals surface area contributed by atoms with Gasteiger partial charge in [-0.1, -0.05) is 18.6 Å². The van der Waals surface area contributed by atoms with E-state index in [-0.39, 0.29) is 24.7 Å². The second kappa shape index (κ2) is 13.1. The van der Waals surface area contributed by atoms with Crippen LogP contribution in [0.3, 0.4) is 0 Å². The van der Waals surface area contributed by atoms with E-state index in [0.29, 0.717) is 10.5 Å². The van der Waals surface area contributed by atoms with Gasteiger partial charge in [-0.25, -0.2) is 0 Å². The zero-order valence-electron chi connectivity index (χ0n) is 20.9. The molecule has 3 aliphatic heterocycles. The zero-order chi connectivity index (χ0) is 24.4. The van der Waals surface area contributed by atoms with Crippen LogP contribution in [0.4, 0.5) is 0 Å². The molecule has 37 heavy (non-hydrogen) atoms. The average Bonchev–Trinajstić information content (AvgIpc) is 3.37. The van der Waals surface area contributed by atoms with Crippen LogP contribution in [0, 0.1) is 0 Å². The molecule has 1 unspecified atom stereocenters. The second-order valence-corrected chi connectivity index (χ2v) is 14.8. The molecular formula is C28H33INO3PS2V. The SMILES string of the molecule is IPOc1ccc2c(c1)O[C@@H](c1ccc(OCCN3CCCCC3)cc1)C1=C2CCC2(C1)SCCS2.[V]. The maximum atomic E-state index is 6.77. The third-order valence-electron chi connectivity index (χ3n) is 7.72. The largest absolute Gasteiger partial charge is 0.492 e. The molecule has 2 atom stereocenters. The summed E-state index contributed by atoms with van der Waals surface area (Å²) in [5, 5.41) is 0. The van der Waals surface area contributed by atoms with Crippen molar-refractivity contribution in [3.8, 4) is 17.2 Å². The number of rotatable bonds is 7. The van der Waals surface area contributed by atoms with Gasteiger partial charge in [0.25, 0.3) is 0 Å². The van der Waals surface area contributed by atoms with Crippen LogP contribution in [0.25, 0.3) is 5.57 Å². The molecule has 1 radical (unpaired) electrons. The summed E-state index contributed by atoms with van der Waals surface area (Å²) >= 11 is 6.59. The van der Waals surface area contributed by atoms with E-state index < -0.39 is 0 Å². The van der Waals surface area contributed by atoms with Crippen LogP contribution in [0.5, 0.6) is 17.2 Å². The molecule has 2 fully saturated rings. The number of allylic oxidation sites excluding steroid dienone is 1. The molecule has 0 saturated carbocycles. The molecule has 6 rings (SSSR count). The molecule has 2 saturated heterocycles. The van der Waals surface area contributed by atoms with Gasteiger partial charge in [-0.15, -0.1) is 23.5 Å². The number of hydrogen-bond donors (Lipinski definition) is 0. The minimum absolute atomic E-state index is 0. The van der Waals surface area contributed by atoms with Crippen LogP contribution < -0.4 is 14.0 Å². The van der Waals surface area contributed by atoms with Crippen molar-refractivity contribution in [2.45, 2.75) is 48.7 Å². The minimum Gasteiger partial charge on any atom is -0.492 e. The molecule has 4 aliphatic rings. The maximum Gasteiger partial charge on any atom is 0.146 e. The first kappa shape index (κ1) is 28.5. The standard InChI is InChI=1S/C28H33INO3PS2.V/c29-34-33-22-8-9-24-23-10-11-28(35-16-17-36-28)19-25(23)27(32-26(24)18-22)20-4-6-21(7-5-20)31-15-14-30-12-2-1-3-13-30;/h4-9,18,27,34H,1-3,10-17,19H2;/t27-;/m0./s1. The van der Waals surface area contributed by atoms with Crippen LogP contribution in [-0.4, -0.2) is 46.7 Å². The van der Waals surface area contributed by atoms with Crippen molar-refractivity contribution in [1.82, 2.24) is 4.90 Å². The molecule has 2 aromatic carbocycles. The molecule has 0 amide bonds. The van der Waals surface area contributed by atoms with Crippen molar-refractivity contribution < 1.29 is 32.6 Å². The van der Waals surface area contributed by atoms with Gasteiger partial charge in [0.2, 0.25) is 0 Å². The van der Waals surface area contributed by atoms with Crippen LogP contribution in [0.2, 0.25) is 0 Å². The molecule has 1 aliphatic carbocycles. The predicted molar refractivity (Wildman–Crippen MR) is 163 cm³/mol. The topological polar surface area (TPSA) is 30.9 Å². The first-order valence-electron chi connectivity index (χ1n) is 13.0. The minimum atomic E-state index is -0.0498. The summed E-state index contributed by atoms with van der Waals surface area (Å²) in [6, 6.07) is 15.0. The summed E-state index contributed by atoms with van der Waals surface area (Å²) in [4.78, 5) is 2.52. The molecule has 0 N–H and O–H groups in total. The number of hydrogen-bond acceptors (Lipinski definition) is 6. The molecule has 2 aromatic rings. The van der Waals surface area contributed by atoms with Gasteiger partial charge < -0.3 is 14.0 Å². The number of ether oxygens (including phenoxy) is 2. The molecule has 3 heterocycles. The number of halogens is 1. The Morgan fingerprint density at radius 1 is 1.03 bits per heavy atom. The summed E-state index contributed by atoms with van der Waals surface area (Å²) in [6.45, 7) is 4.58. The normalized spacial score (nSPS) is 22.9. The quantitative estimate of drug-likeness (QED) is 0.214. The summed E-state index contributed by atoms with van der Waals surface area (Å²) in [7, 11) is 0. The van der Waals surface area contributed by atoms with E-state index >= 15 is 0 Å². The summed E-state index contributed by atoms with van der Waals surface area (Å²) in [5.74, 6) is 5.31. The third-order valence-corrected chi connectivity index (χ3v) is 12.2. The fraction of sp³-hybridized carbons (Fsp3) is 0.500. The Morgan fingerprint density at radius 3 is 2.54 bits per heavy atom. The number of thioether (sulfide) groups is 2. The van der Waals surface area contributed by atoms with Crippen LogP contribution in [0.1, 0.15) is 55.8 Å². The van der Waals surface area contributed by atoms with Crippen LogP contribution in [0.15, 0.2) is 48.0 Å². The fourth-order valence-electron chi connectivity index (χ4n) is 5.90. The molecule has 197 valence electrons. The van der Waals surface area contributed by atoms with E-state index in [9.17, 15) is 0 Å². The van der Waals surface area contributed by atoms with Gasteiger partial charge in [0, 0.05) is 48.2 Å². The Bertz CT molecular complexity index is 1110. The van der Waals surface area contributed by atoms with Crippen molar-refractivity contribution in [3.05, 3.63) is 59.2 Å². The predicted octanol–water partition coefficient (Wildman–Crippen LogP) is 8.12. The van der Waals surface area contributed by atoms with Crippen LogP contribution in [-0.2, 0) is 18.6 Å². The van der Waals surface area contributed by atoms with E-state index in [2.05, 4.69) is 92.9 Å². The van der Waals surface area contributed by atoms with E-state index in [1.54, 1.807) is 0 Å². The first-order valence-corrected chi connectivity index (χ1v) is 19.0. The number of benzene rings is 2. The van der Waals surface area contributed by atoms with Gasteiger partial charge in [-0.2, -0.15) is 0 Å². The number of likely N-dealkylation sites (tertiary alicyclic amines) is 1. The Hall–Kier alpha value is -0.0156. The number of nitrogens with zero attached hydrogens (tertiary/aromatic N) is 1. The van der Waals surface area contributed by atoms with E-state index in [0.717, 1.165) is 43.2 Å². The third kappa shape index (κ3) is 6.50. The van der Waals surface area contributed by atoms with Crippen molar-refractivity contribution in [1.29, 1.82) is 0 Å². The number of fused-ring (bicyclic) bond motifs is 2. The fourth-order valence-corrected chi connectivity index (χ4v) is 10.1. The van der Waals surface area contributed by atoms with Gasteiger partial charge in [0.05, 0.1) is 4.08 Å². The van der Waals surface area contributed by atoms with Gasteiger partial charge >= 0.3 is 0 Å². The summed E-state index contributed by atoms with van der Waals surface area (Å²) in [5.41, 5.74) is 5.43. The van der Waals surface area contributed by atoms with Crippen molar-refractivity contribution >= 4 is 57.6 Å². The Kier molecular flexibility index (Phi) is 10.1.